The van der Waals surface area contributed by atoms with Gasteiger partial charge in [-0.3, -0.25) is 4.79 Å². The van der Waals surface area contributed by atoms with Gasteiger partial charge < -0.3 is 15.3 Å². The van der Waals surface area contributed by atoms with Crippen molar-refractivity contribution >= 4 is 5.78 Å². The highest BCUT2D eigenvalue weighted by Gasteiger charge is 2.66. The SMILES string of the molecule is CC(=O)[C@@]1(O)CC[C@H]2[C@@H]3C[C@H](O)C4=C[C@@H](O)CC[C@]4(C)[C@H]3CC[C@@]21C. The molecule has 140 valence electrons. The third-order valence-corrected chi connectivity index (χ3v) is 8.83. The fourth-order valence-electron chi connectivity index (χ4n) is 7.35. The Bertz CT molecular complexity index is 627. The van der Waals surface area contributed by atoms with Gasteiger partial charge in [0.15, 0.2) is 5.78 Å². The van der Waals surface area contributed by atoms with Crippen LogP contribution in [0.5, 0.6) is 0 Å². The van der Waals surface area contributed by atoms with Gasteiger partial charge >= 0.3 is 0 Å². The van der Waals surface area contributed by atoms with Crippen molar-refractivity contribution in [1.29, 1.82) is 0 Å². The number of aliphatic hydroxyl groups excluding tert-OH is 2. The molecule has 0 heterocycles. The molecule has 4 nitrogen and oxygen atoms in total. The number of hydrogen-bond acceptors (Lipinski definition) is 4. The Balaban J connectivity index is 1.72. The Morgan fingerprint density at radius 3 is 2.44 bits per heavy atom. The van der Waals surface area contributed by atoms with Crippen LogP contribution < -0.4 is 0 Å². The predicted molar refractivity (Wildman–Crippen MR) is 94.7 cm³/mol. The molecular weight excluding hydrogens is 316 g/mol. The minimum atomic E-state index is -1.20. The van der Waals surface area contributed by atoms with Crippen molar-refractivity contribution in [1.82, 2.24) is 0 Å². The highest BCUT2D eigenvalue weighted by Crippen LogP contribution is 2.67. The molecule has 4 rings (SSSR count). The molecule has 0 saturated heterocycles. The predicted octanol–water partition coefficient (Wildman–Crippen LogP) is 2.60. The number of carbonyl (C=O) groups excluding carboxylic acids is 1. The second-order valence-electron chi connectivity index (χ2n) is 9.69. The molecule has 0 radical (unpaired) electrons. The number of hydrogen-bond donors (Lipinski definition) is 3. The summed E-state index contributed by atoms with van der Waals surface area (Å²) in [6.07, 6.45) is 6.63. The van der Waals surface area contributed by atoms with Crippen LogP contribution in [0.2, 0.25) is 0 Å². The normalized spacial score (nSPS) is 55.0. The van der Waals surface area contributed by atoms with Crippen LogP contribution >= 0.6 is 0 Å². The van der Waals surface area contributed by atoms with Gasteiger partial charge in [-0.2, -0.15) is 0 Å². The van der Waals surface area contributed by atoms with E-state index in [2.05, 4.69) is 13.8 Å². The van der Waals surface area contributed by atoms with E-state index in [4.69, 9.17) is 0 Å². The van der Waals surface area contributed by atoms with E-state index >= 15 is 0 Å². The van der Waals surface area contributed by atoms with Crippen LogP contribution in [0.1, 0.15) is 65.7 Å². The minimum absolute atomic E-state index is 0.0557. The van der Waals surface area contributed by atoms with E-state index in [0.717, 1.165) is 37.7 Å². The van der Waals surface area contributed by atoms with Crippen molar-refractivity contribution in [3.05, 3.63) is 11.6 Å². The molecule has 0 unspecified atom stereocenters. The van der Waals surface area contributed by atoms with E-state index in [1.807, 2.05) is 6.08 Å². The van der Waals surface area contributed by atoms with Crippen LogP contribution in [0.4, 0.5) is 0 Å². The summed E-state index contributed by atoms with van der Waals surface area (Å²) in [5.41, 5.74) is -0.588. The molecule has 25 heavy (non-hydrogen) atoms. The van der Waals surface area contributed by atoms with E-state index in [-0.39, 0.29) is 16.6 Å². The lowest BCUT2D eigenvalue weighted by molar-refractivity contribution is -0.162. The lowest BCUT2D eigenvalue weighted by atomic mass is 9.45. The zero-order valence-electron chi connectivity index (χ0n) is 15.7. The summed E-state index contributed by atoms with van der Waals surface area (Å²) in [4.78, 5) is 12.2. The Morgan fingerprint density at radius 2 is 1.76 bits per heavy atom. The van der Waals surface area contributed by atoms with Gasteiger partial charge in [-0.25, -0.2) is 0 Å². The molecule has 0 amide bonds. The Morgan fingerprint density at radius 1 is 1.08 bits per heavy atom. The zero-order valence-corrected chi connectivity index (χ0v) is 15.7. The molecule has 0 bridgehead atoms. The van der Waals surface area contributed by atoms with Crippen molar-refractivity contribution in [3.63, 3.8) is 0 Å². The molecule has 4 aliphatic rings. The van der Waals surface area contributed by atoms with E-state index in [1.165, 1.54) is 6.92 Å². The van der Waals surface area contributed by atoms with Gasteiger partial charge in [-0.1, -0.05) is 19.9 Å². The van der Waals surface area contributed by atoms with Crippen molar-refractivity contribution in [3.8, 4) is 0 Å². The van der Waals surface area contributed by atoms with Gasteiger partial charge in [0.05, 0.1) is 12.2 Å². The molecule has 0 aliphatic heterocycles. The number of fused-ring (bicyclic) bond motifs is 5. The van der Waals surface area contributed by atoms with Crippen molar-refractivity contribution in [2.45, 2.75) is 83.5 Å². The zero-order chi connectivity index (χ0) is 18.2. The first-order chi connectivity index (χ1) is 11.6. The lowest BCUT2D eigenvalue weighted by Gasteiger charge is -2.60. The van der Waals surface area contributed by atoms with E-state index in [0.29, 0.717) is 30.6 Å². The standard InChI is InChI=1S/C21H32O4/c1-12(22)21(25)9-6-16-14-11-18(24)17-10-13(23)4-7-19(17,2)15(14)5-8-20(16,21)3/h10,13-16,18,23-25H,4-9,11H2,1-3H3/t13-,14+,15-,16-,18-,19+,20-,21-/m0/s1. The molecule has 8 atom stereocenters. The highest BCUT2D eigenvalue weighted by atomic mass is 16.3. The van der Waals surface area contributed by atoms with Gasteiger partial charge in [0.2, 0.25) is 0 Å². The average Bonchev–Trinajstić information content (AvgIpc) is 2.83. The van der Waals surface area contributed by atoms with E-state index < -0.39 is 17.8 Å². The number of aliphatic hydroxyl groups is 3. The monoisotopic (exact) mass is 348 g/mol. The molecule has 4 aliphatic carbocycles. The number of carbonyl (C=O) groups is 1. The summed E-state index contributed by atoms with van der Waals surface area (Å²) in [6, 6.07) is 0. The largest absolute Gasteiger partial charge is 0.389 e. The van der Waals surface area contributed by atoms with Gasteiger partial charge in [-0.15, -0.1) is 0 Å². The van der Waals surface area contributed by atoms with Crippen molar-refractivity contribution in [2.75, 3.05) is 0 Å². The Hall–Kier alpha value is -0.710. The first-order valence-corrected chi connectivity index (χ1v) is 9.95. The third kappa shape index (κ3) is 2.14. The molecule has 3 fully saturated rings. The van der Waals surface area contributed by atoms with Crippen LogP contribution in [0, 0.1) is 28.6 Å². The highest BCUT2D eigenvalue weighted by molar-refractivity contribution is 5.86. The van der Waals surface area contributed by atoms with Gasteiger partial charge in [0.1, 0.15) is 5.60 Å². The van der Waals surface area contributed by atoms with Crippen LogP contribution in [-0.4, -0.2) is 38.9 Å². The van der Waals surface area contributed by atoms with E-state index in [9.17, 15) is 20.1 Å². The van der Waals surface area contributed by atoms with Crippen LogP contribution in [-0.2, 0) is 4.79 Å². The first kappa shape index (κ1) is 17.7. The molecule has 4 heteroatoms. The van der Waals surface area contributed by atoms with Crippen molar-refractivity contribution < 1.29 is 20.1 Å². The van der Waals surface area contributed by atoms with Gasteiger partial charge in [0, 0.05) is 5.41 Å². The lowest BCUT2D eigenvalue weighted by Crippen LogP contribution is -2.58. The molecule has 0 aromatic carbocycles. The fraction of sp³-hybridized carbons (Fsp3) is 0.857. The number of rotatable bonds is 1. The summed E-state index contributed by atoms with van der Waals surface area (Å²) in [5.74, 6) is 1.02. The molecule has 0 aromatic rings. The summed E-state index contributed by atoms with van der Waals surface area (Å²) in [7, 11) is 0. The number of Topliss-reactive ketones (excluding diaryl/α,β-unsaturated/α-hetero) is 1. The summed E-state index contributed by atoms with van der Waals surface area (Å²) >= 11 is 0. The summed E-state index contributed by atoms with van der Waals surface area (Å²) in [5, 5.41) is 32.1. The van der Waals surface area contributed by atoms with Crippen molar-refractivity contribution in [2.24, 2.45) is 28.6 Å². The molecule has 3 N–H and O–H groups in total. The molecule has 3 saturated carbocycles. The minimum Gasteiger partial charge on any atom is -0.389 e. The topological polar surface area (TPSA) is 77.8 Å². The van der Waals surface area contributed by atoms with Gasteiger partial charge in [0.25, 0.3) is 0 Å². The molecule has 0 spiro atoms. The van der Waals surface area contributed by atoms with Crippen LogP contribution in [0.25, 0.3) is 0 Å². The smallest absolute Gasteiger partial charge is 0.161 e. The summed E-state index contributed by atoms with van der Waals surface area (Å²) in [6.45, 7) is 5.90. The number of ketones is 1. The maximum atomic E-state index is 12.2. The average molecular weight is 348 g/mol. The first-order valence-electron chi connectivity index (χ1n) is 9.95. The quantitative estimate of drug-likeness (QED) is 0.637. The Labute approximate surface area is 150 Å². The van der Waals surface area contributed by atoms with E-state index in [1.54, 1.807) is 0 Å². The second-order valence-corrected chi connectivity index (χ2v) is 9.69. The van der Waals surface area contributed by atoms with Gasteiger partial charge in [-0.05, 0) is 80.6 Å². The fourth-order valence-corrected chi connectivity index (χ4v) is 7.35. The van der Waals surface area contributed by atoms with Crippen LogP contribution in [0.15, 0.2) is 11.6 Å². The maximum absolute atomic E-state index is 12.2. The second kappa shape index (κ2) is 5.40. The molecule has 0 aromatic heterocycles. The maximum Gasteiger partial charge on any atom is 0.161 e. The Kier molecular flexibility index (Phi) is 3.82. The summed E-state index contributed by atoms with van der Waals surface area (Å²) < 4.78 is 0. The third-order valence-electron chi connectivity index (χ3n) is 8.83. The molecular formula is C21H32O4. The van der Waals surface area contributed by atoms with Crippen LogP contribution in [0.3, 0.4) is 0 Å².